The Bertz CT molecular complexity index is 716. The van der Waals surface area contributed by atoms with E-state index >= 15 is 0 Å². The molecule has 0 saturated carbocycles. The summed E-state index contributed by atoms with van der Waals surface area (Å²) in [4.78, 5) is 23.7. The minimum Gasteiger partial charge on any atom is -0.497 e. The highest BCUT2D eigenvalue weighted by atomic mass is 16.5. The van der Waals surface area contributed by atoms with E-state index in [2.05, 4.69) is 10.6 Å². The molecule has 6 heteroatoms. The number of amides is 2. The molecule has 2 aromatic carbocycles. The Hall–Kier alpha value is -3.02. The Morgan fingerprint density at radius 2 is 1.58 bits per heavy atom. The molecule has 2 N–H and O–H groups in total. The van der Waals surface area contributed by atoms with Crippen molar-refractivity contribution < 1.29 is 19.1 Å². The number of nitrogens with one attached hydrogen (secondary N) is 2. The lowest BCUT2D eigenvalue weighted by molar-refractivity contribution is -0.136. The largest absolute Gasteiger partial charge is 0.497 e. The van der Waals surface area contributed by atoms with Crippen molar-refractivity contribution in [2.75, 3.05) is 26.1 Å². The number of carbonyl (C=O) groups excluding carboxylic acids is 2. The smallest absolute Gasteiger partial charge is 0.313 e. The summed E-state index contributed by atoms with van der Waals surface area (Å²) in [5.41, 5.74) is 1.52. The first-order valence-corrected chi connectivity index (χ1v) is 7.48. The number of anilines is 1. The molecule has 0 bridgehead atoms. The van der Waals surface area contributed by atoms with Gasteiger partial charge in [-0.05, 0) is 36.2 Å². The molecule has 0 radical (unpaired) electrons. The highest BCUT2D eigenvalue weighted by Crippen LogP contribution is 2.16. The summed E-state index contributed by atoms with van der Waals surface area (Å²) in [7, 11) is 3.13. The molecule has 2 amide bonds. The molecule has 0 atom stereocenters. The average Bonchev–Trinajstić information content (AvgIpc) is 2.62. The molecule has 6 nitrogen and oxygen atoms in total. The van der Waals surface area contributed by atoms with Crippen LogP contribution in [-0.4, -0.2) is 32.6 Å². The van der Waals surface area contributed by atoms with E-state index in [1.165, 1.54) is 7.11 Å². The third-order valence-corrected chi connectivity index (χ3v) is 3.37. The SMILES string of the molecule is COc1cccc(CCNC(=O)C(=O)Nc2cccc(OC)c2)c1. The zero-order valence-corrected chi connectivity index (χ0v) is 13.7. The summed E-state index contributed by atoms with van der Waals surface area (Å²) >= 11 is 0. The first-order valence-electron chi connectivity index (χ1n) is 7.48. The van der Waals surface area contributed by atoms with Gasteiger partial charge in [0.2, 0.25) is 0 Å². The van der Waals surface area contributed by atoms with Crippen molar-refractivity contribution in [2.24, 2.45) is 0 Å². The predicted octanol–water partition coefficient (Wildman–Crippen LogP) is 2.00. The van der Waals surface area contributed by atoms with Gasteiger partial charge in [0.15, 0.2) is 0 Å². The zero-order valence-electron chi connectivity index (χ0n) is 13.7. The van der Waals surface area contributed by atoms with Gasteiger partial charge in [0.1, 0.15) is 11.5 Å². The molecule has 0 aliphatic carbocycles. The second-order valence-corrected chi connectivity index (χ2v) is 5.04. The highest BCUT2D eigenvalue weighted by molar-refractivity contribution is 6.39. The fourth-order valence-corrected chi connectivity index (χ4v) is 2.12. The second kappa shape index (κ2) is 8.57. The minimum atomic E-state index is -0.714. The number of methoxy groups -OCH3 is 2. The lowest BCUT2D eigenvalue weighted by atomic mass is 10.1. The Labute approximate surface area is 140 Å². The van der Waals surface area contributed by atoms with Crippen LogP contribution in [0.4, 0.5) is 5.69 Å². The van der Waals surface area contributed by atoms with Crippen molar-refractivity contribution in [1.82, 2.24) is 5.32 Å². The second-order valence-electron chi connectivity index (χ2n) is 5.04. The van der Waals surface area contributed by atoms with Gasteiger partial charge in [-0.25, -0.2) is 0 Å². The van der Waals surface area contributed by atoms with Crippen molar-refractivity contribution in [1.29, 1.82) is 0 Å². The molecule has 0 fully saturated rings. The lowest BCUT2D eigenvalue weighted by Gasteiger charge is -2.08. The summed E-state index contributed by atoms with van der Waals surface area (Å²) in [6.45, 7) is 0.359. The van der Waals surface area contributed by atoms with Crippen molar-refractivity contribution in [3.8, 4) is 11.5 Å². The Morgan fingerprint density at radius 1 is 0.917 bits per heavy atom. The fourth-order valence-electron chi connectivity index (χ4n) is 2.12. The van der Waals surface area contributed by atoms with E-state index in [-0.39, 0.29) is 0 Å². The molecule has 0 aliphatic heterocycles. The molecule has 0 saturated heterocycles. The van der Waals surface area contributed by atoms with E-state index in [0.29, 0.717) is 24.4 Å². The minimum absolute atomic E-state index is 0.359. The monoisotopic (exact) mass is 328 g/mol. The van der Waals surface area contributed by atoms with Crippen molar-refractivity contribution in [2.45, 2.75) is 6.42 Å². The highest BCUT2D eigenvalue weighted by Gasteiger charge is 2.13. The van der Waals surface area contributed by atoms with Gasteiger partial charge in [0.25, 0.3) is 0 Å². The molecule has 0 aromatic heterocycles. The average molecular weight is 328 g/mol. The molecular formula is C18H20N2O4. The standard InChI is InChI=1S/C18H20N2O4/c1-23-15-7-3-5-13(11-15)9-10-19-17(21)18(22)20-14-6-4-8-16(12-14)24-2/h3-8,11-12H,9-10H2,1-2H3,(H,19,21)(H,20,22). The zero-order chi connectivity index (χ0) is 17.4. The van der Waals surface area contributed by atoms with Crippen molar-refractivity contribution >= 4 is 17.5 Å². The van der Waals surface area contributed by atoms with E-state index < -0.39 is 11.8 Å². The van der Waals surface area contributed by atoms with E-state index in [0.717, 1.165) is 11.3 Å². The van der Waals surface area contributed by atoms with Gasteiger partial charge in [-0.15, -0.1) is 0 Å². The summed E-state index contributed by atoms with van der Waals surface area (Å²) in [5.74, 6) is -0.0320. The van der Waals surface area contributed by atoms with Gasteiger partial charge in [-0.2, -0.15) is 0 Å². The molecule has 0 unspecified atom stereocenters. The summed E-state index contributed by atoms with van der Waals surface area (Å²) < 4.78 is 10.2. The maximum absolute atomic E-state index is 11.9. The van der Waals surface area contributed by atoms with E-state index in [4.69, 9.17) is 9.47 Å². The first-order chi connectivity index (χ1) is 11.6. The van der Waals surface area contributed by atoms with Gasteiger partial charge in [0, 0.05) is 18.3 Å². The Balaban J connectivity index is 1.82. The fraction of sp³-hybridized carbons (Fsp3) is 0.222. The topological polar surface area (TPSA) is 76.7 Å². The van der Waals surface area contributed by atoms with Gasteiger partial charge >= 0.3 is 11.8 Å². The van der Waals surface area contributed by atoms with Gasteiger partial charge in [0.05, 0.1) is 14.2 Å². The van der Waals surface area contributed by atoms with Gasteiger partial charge in [-0.3, -0.25) is 9.59 Å². The van der Waals surface area contributed by atoms with Crippen LogP contribution in [0.25, 0.3) is 0 Å². The molecule has 126 valence electrons. The van der Waals surface area contributed by atoms with Crippen LogP contribution in [0, 0.1) is 0 Å². The molecule has 0 spiro atoms. The summed E-state index contributed by atoms with van der Waals surface area (Å²) in [5, 5.41) is 5.13. The van der Waals surface area contributed by atoms with Crippen LogP contribution in [0.3, 0.4) is 0 Å². The van der Waals surface area contributed by atoms with Crippen molar-refractivity contribution in [3.05, 3.63) is 54.1 Å². The number of hydrogen-bond acceptors (Lipinski definition) is 4. The van der Waals surface area contributed by atoms with Crippen molar-refractivity contribution in [3.63, 3.8) is 0 Å². The number of carbonyl (C=O) groups is 2. The van der Waals surface area contributed by atoms with Crippen LogP contribution in [0.2, 0.25) is 0 Å². The van der Waals surface area contributed by atoms with Crippen LogP contribution in [0.1, 0.15) is 5.56 Å². The number of benzene rings is 2. The maximum atomic E-state index is 11.9. The number of hydrogen-bond donors (Lipinski definition) is 2. The van der Waals surface area contributed by atoms with Gasteiger partial charge in [-0.1, -0.05) is 18.2 Å². The molecule has 2 aromatic rings. The Kier molecular flexibility index (Phi) is 6.19. The molecule has 2 rings (SSSR count). The molecule has 0 heterocycles. The number of ether oxygens (including phenoxy) is 2. The third kappa shape index (κ3) is 5.01. The van der Waals surface area contributed by atoms with E-state index in [1.54, 1.807) is 31.4 Å². The van der Waals surface area contributed by atoms with Crippen LogP contribution >= 0.6 is 0 Å². The quantitative estimate of drug-likeness (QED) is 0.795. The molecular weight excluding hydrogens is 308 g/mol. The first kappa shape index (κ1) is 17.3. The van der Waals surface area contributed by atoms with E-state index in [9.17, 15) is 9.59 Å². The normalized spacial score (nSPS) is 9.92. The third-order valence-electron chi connectivity index (χ3n) is 3.37. The molecule has 24 heavy (non-hydrogen) atoms. The van der Waals surface area contributed by atoms with Crippen LogP contribution in [-0.2, 0) is 16.0 Å². The van der Waals surface area contributed by atoms with Crippen LogP contribution < -0.4 is 20.1 Å². The van der Waals surface area contributed by atoms with Gasteiger partial charge < -0.3 is 20.1 Å². The lowest BCUT2D eigenvalue weighted by Crippen LogP contribution is -2.36. The predicted molar refractivity (Wildman–Crippen MR) is 91.3 cm³/mol. The van der Waals surface area contributed by atoms with Crippen LogP contribution in [0.15, 0.2) is 48.5 Å². The number of rotatable bonds is 6. The van der Waals surface area contributed by atoms with E-state index in [1.807, 2.05) is 24.3 Å². The van der Waals surface area contributed by atoms with Crippen LogP contribution in [0.5, 0.6) is 11.5 Å². The molecule has 0 aliphatic rings. The maximum Gasteiger partial charge on any atom is 0.313 e. The Morgan fingerprint density at radius 3 is 2.29 bits per heavy atom. The summed E-state index contributed by atoms with van der Waals surface area (Å²) in [6, 6.07) is 14.4. The summed E-state index contributed by atoms with van der Waals surface area (Å²) in [6.07, 6.45) is 0.607.